The second kappa shape index (κ2) is 3.45. The zero-order valence-corrected chi connectivity index (χ0v) is 10.1. The minimum atomic E-state index is 0.693. The van der Waals surface area contributed by atoms with Crippen molar-refractivity contribution >= 4 is 11.1 Å². The lowest BCUT2D eigenvalue weighted by Gasteiger charge is -2.00. The van der Waals surface area contributed by atoms with Crippen molar-refractivity contribution in [3.63, 3.8) is 0 Å². The van der Waals surface area contributed by atoms with Crippen LogP contribution in [0.4, 0.5) is 0 Å². The first kappa shape index (κ1) is 10.1. The van der Waals surface area contributed by atoms with Gasteiger partial charge in [0.2, 0.25) is 0 Å². The normalized spacial score (nSPS) is 11.2. The van der Waals surface area contributed by atoms with Crippen molar-refractivity contribution in [2.24, 2.45) is 7.05 Å². The topological polar surface area (TPSA) is 43.9 Å². The van der Waals surface area contributed by atoms with Crippen LogP contribution >= 0.6 is 0 Å². The van der Waals surface area contributed by atoms with Gasteiger partial charge in [0.25, 0.3) is 0 Å². The summed E-state index contributed by atoms with van der Waals surface area (Å²) in [6.07, 6.45) is 0. The molecule has 0 aliphatic rings. The lowest BCUT2D eigenvalue weighted by atomic mass is 10.1. The molecule has 4 heteroatoms. The minimum absolute atomic E-state index is 0.693. The average Bonchev–Trinajstić information content (AvgIpc) is 2.78. The molecule has 0 bridgehead atoms. The summed E-state index contributed by atoms with van der Waals surface area (Å²) in [5.74, 6) is 0.693. The van der Waals surface area contributed by atoms with E-state index in [1.807, 2.05) is 43.8 Å². The summed E-state index contributed by atoms with van der Waals surface area (Å²) in [6.45, 7) is 3.84. The van der Waals surface area contributed by atoms with Crippen LogP contribution in [0.25, 0.3) is 22.4 Å². The monoisotopic (exact) mass is 227 g/mol. The average molecular weight is 227 g/mol. The molecule has 2 heterocycles. The number of hydrogen-bond acceptors (Lipinski definition) is 3. The van der Waals surface area contributed by atoms with Crippen molar-refractivity contribution in [3.05, 3.63) is 35.9 Å². The standard InChI is InChI=1S/C13H13N3O/c1-8-6-12(16(3)15-8)10-4-5-11-13(7-10)17-9(2)14-11/h4-7H,1-3H3. The third-order valence-corrected chi connectivity index (χ3v) is 2.79. The SMILES string of the molecule is Cc1cc(-c2ccc3nc(C)oc3c2)n(C)n1. The molecular weight excluding hydrogens is 214 g/mol. The maximum atomic E-state index is 5.54. The van der Waals surface area contributed by atoms with Crippen molar-refractivity contribution in [1.29, 1.82) is 0 Å². The van der Waals surface area contributed by atoms with Gasteiger partial charge < -0.3 is 4.42 Å². The van der Waals surface area contributed by atoms with Gasteiger partial charge in [0.1, 0.15) is 5.52 Å². The molecule has 3 rings (SSSR count). The van der Waals surface area contributed by atoms with Gasteiger partial charge >= 0.3 is 0 Å². The second-order valence-electron chi connectivity index (χ2n) is 4.21. The first-order chi connectivity index (χ1) is 8.13. The maximum absolute atomic E-state index is 5.54. The molecule has 0 spiro atoms. The molecule has 0 N–H and O–H groups in total. The second-order valence-corrected chi connectivity index (χ2v) is 4.21. The number of hydrogen-bond donors (Lipinski definition) is 0. The Morgan fingerprint density at radius 2 is 2.00 bits per heavy atom. The van der Waals surface area contributed by atoms with Crippen molar-refractivity contribution in [2.45, 2.75) is 13.8 Å². The first-order valence-electron chi connectivity index (χ1n) is 5.52. The van der Waals surface area contributed by atoms with Crippen LogP contribution in [0.1, 0.15) is 11.6 Å². The third kappa shape index (κ3) is 1.62. The van der Waals surface area contributed by atoms with Crippen LogP contribution in [0.15, 0.2) is 28.7 Å². The Kier molecular flexibility index (Phi) is 2.04. The molecule has 0 amide bonds. The molecule has 0 aliphatic carbocycles. The van der Waals surface area contributed by atoms with Crippen molar-refractivity contribution < 1.29 is 4.42 Å². The molecule has 2 aromatic heterocycles. The Morgan fingerprint density at radius 1 is 1.18 bits per heavy atom. The largest absolute Gasteiger partial charge is 0.441 e. The highest BCUT2D eigenvalue weighted by molar-refractivity contribution is 5.79. The zero-order chi connectivity index (χ0) is 12.0. The molecule has 3 aromatic rings. The van der Waals surface area contributed by atoms with E-state index in [-0.39, 0.29) is 0 Å². The van der Waals surface area contributed by atoms with Gasteiger partial charge in [-0.05, 0) is 25.1 Å². The predicted octanol–water partition coefficient (Wildman–Crippen LogP) is 2.85. The lowest BCUT2D eigenvalue weighted by molar-refractivity contribution is 0.561. The highest BCUT2D eigenvalue weighted by atomic mass is 16.3. The van der Waals surface area contributed by atoms with Gasteiger partial charge in [0.15, 0.2) is 11.5 Å². The molecule has 4 nitrogen and oxygen atoms in total. The predicted molar refractivity (Wildman–Crippen MR) is 65.7 cm³/mol. The molecule has 0 unspecified atom stereocenters. The van der Waals surface area contributed by atoms with Crippen molar-refractivity contribution in [3.8, 4) is 11.3 Å². The fraction of sp³-hybridized carbons (Fsp3) is 0.231. The molecule has 0 saturated carbocycles. The number of benzene rings is 1. The minimum Gasteiger partial charge on any atom is -0.441 e. The Labute approximate surface area is 98.9 Å². The number of fused-ring (bicyclic) bond motifs is 1. The highest BCUT2D eigenvalue weighted by Gasteiger charge is 2.08. The zero-order valence-electron chi connectivity index (χ0n) is 10.1. The number of aromatic nitrogens is 3. The first-order valence-corrected chi connectivity index (χ1v) is 5.52. The number of rotatable bonds is 1. The van der Waals surface area contributed by atoms with E-state index >= 15 is 0 Å². The van der Waals surface area contributed by atoms with Crippen LogP contribution in [0, 0.1) is 13.8 Å². The van der Waals surface area contributed by atoms with Crippen LogP contribution < -0.4 is 0 Å². The number of nitrogens with zero attached hydrogens (tertiary/aromatic N) is 3. The number of aryl methyl sites for hydroxylation is 3. The van der Waals surface area contributed by atoms with E-state index < -0.39 is 0 Å². The quantitative estimate of drug-likeness (QED) is 0.642. The summed E-state index contributed by atoms with van der Waals surface area (Å²) in [7, 11) is 1.94. The van der Waals surface area contributed by atoms with Crippen LogP contribution in [-0.2, 0) is 7.05 Å². The molecule has 86 valence electrons. The lowest BCUT2D eigenvalue weighted by Crippen LogP contribution is -1.93. The summed E-state index contributed by atoms with van der Waals surface area (Å²) in [6, 6.07) is 8.08. The van der Waals surface area contributed by atoms with Gasteiger partial charge in [0.05, 0.1) is 11.4 Å². The van der Waals surface area contributed by atoms with E-state index in [0.29, 0.717) is 5.89 Å². The van der Waals surface area contributed by atoms with Gasteiger partial charge in [-0.25, -0.2) is 4.98 Å². The highest BCUT2D eigenvalue weighted by Crippen LogP contribution is 2.24. The van der Waals surface area contributed by atoms with Crippen molar-refractivity contribution in [2.75, 3.05) is 0 Å². The third-order valence-electron chi connectivity index (χ3n) is 2.79. The van der Waals surface area contributed by atoms with Gasteiger partial charge in [0, 0.05) is 19.5 Å². The van der Waals surface area contributed by atoms with E-state index in [1.165, 1.54) is 0 Å². The molecular formula is C13H13N3O. The Hall–Kier alpha value is -2.10. The molecule has 0 saturated heterocycles. The molecule has 0 aliphatic heterocycles. The molecule has 0 radical (unpaired) electrons. The van der Waals surface area contributed by atoms with Crippen LogP contribution in [0.3, 0.4) is 0 Å². The molecule has 0 atom stereocenters. The van der Waals surface area contributed by atoms with E-state index in [9.17, 15) is 0 Å². The smallest absolute Gasteiger partial charge is 0.192 e. The fourth-order valence-corrected chi connectivity index (χ4v) is 2.08. The Morgan fingerprint density at radius 3 is 2.71 bits per heavy atom. The van der Waals surface area contributed by atoms with Gasteiger partial charge in [-0.3, -0.25) is 4.68 Å². The molecule has 1 aromatic carbocycles. The van der Waals surface area contributed by atoms with E-state index in [0.717, 1.165) is 28.1 Å². The van der Waals surface area contributed by atoms with Crippen LogP contribution in [0.5, 0.6) is 0 Å². The van der Waals surface area contributed by atoms with Crippen LogP contribution in [0.2, 0.25) is 0 Å². The maximum Gasteiger partial charge on any atom is 0.192 e. The van der Waals surface area contributed by atoms with Crippen LogP contribution in [-0.4, -0.2) is 14.8 Å². The van der Waals surface area contributed by atoms with Gasteiger partial charge in [-0.2, -0.15) is 5.10 Å². The fourth-order valence-electron chi connectivity index (χ4n) is 2.08. The number of oxazole rings is 1. The molecule has 0 fully saturated rings. The Bertz CT molecular complexity index is 694. The summed E-state index contributed by atoms with van der Waals surface area (Å²) >= 11 is 0. The Balaban J connectivity index is 2.20. The van der Waals surface area contributed by atoms with Gasteiger partial charge in [-0.1, -0.05) is 6.07 Å². The van der Waals surface area contributed by atoms with Crippen molar-refractivity contribution in [1.82, 2.24) is 14.8 Å². The van der Waals surface area contributed by atoms with Gasteiger partial charge in [-0.15, -0.1) is 0 Å². The van der Waals surface area contributed by atoms with E-state index in [4.69, 9.17) is 4.42 Å². The summed E-state index contributed by atoms with van der Waals surface area (Å²) < 4.78 is 7.41. The molecule has 17 heavy (non-hydrogen) atoms. The summed E-state index contributed by atoms with van der Waals surface area (Å²) in [4.78, 5) is 4.29. The van der Waals surface area contributed by atoms with E-state index in [2.05, 4.69) is 16.1 Å². The van der Waals surface area contributed by atoms with E-state index in [1.54, 1.807) is 0 Å². The summed E-state index contributed by atoms with van der Waals surface area (Å²) in [5, 5.41) is 4.34. The summed E-state index contributed by atoms with van der Waals surface area (Å²) in [5.41, 5.74) is 4.90.